The van der Waals surface area contributed by atoms with Crippen LogP contribution in [0.1, 0.15) is 122 Å². The van der Waals surface area contributed by atoms with E-state index in [0.717, 1.165) is 30.5 Å². The summed E-state index contributed by atoms with van der Waals surface area (Å²) in [6, 6.07) is 12.6. The van der Waals surface area contributed by atoms with Gasteiger partial charge in [0.25, 0.3) is 0 Å². The van der Waals surface area contributed by atoms with Gasteiger partial charge in [0, 0.05) is 5.56 Å². The van der Waals surface area contributed by atoms with Gasteiger partial charge in [0.1, 0.15) is 18.5 Å². The summed E-state index contributed by atoms with van der Waals surface area (Å²) < 4.78 is 19.7. The molecule has 3 heteroatoms. The van der Waals surface area contributed by atoms with Gasteiger partial charge in [0.15, 0.2) is 0 Å². The van der Waals surface area contributed by atoms with Crippen LogP contribution in [0.3, 0.4) is 0 Å². The van der Waals surface area contributed by atoms with Gasteiger partial charge >= 0.3 is 0 Å². The van der Waals surface area contributed by atoms with Crippen LogP contribution >= 0.6 is 0 Å². The Balaban J connectivity index is 1.60. The molecule has 196 valence electrons. The number of aryl methyl sites for hydroxylation is 1. The molecule has 0 fully saturated rings. The van der Waals surface area contributed by atoms with Gasteiger partial charge in [-0.25, -0.2) is 4.39 Å². The van der Waals surface area contributed by atoms with Gasteiger partial charge in [-0.3, -0.25) is 4.98 Å². The zero-order chi connectivity index (χ0) is 25.0. The van der Waals surface area contributed by atoms with Crippen molar-refractivity contribution >= 4 is 0 Å². The third kappa shape index (κ3) is 13.7. The normalized spacial score (nSPS) is 12.1. The highest BCUT2D eigenvalue weighted by Gasteiger charge is 2.08. The van der Waals surface area contributed by atoms with Crippen molar-refractivity contribution < 1.29 is 9.13 Å². The minimum Gasteiger partial charge on any atom is -0.489 e. The Kier molecular flexibility index (Phi) is 16.2. The van der Waals surface area contributed by atoms with Crippen molar-refractivity contribution in [2.45, 2.75) is 129 Å². The summed E-state index contributed by atoms with van der Waals surface area (Å²) in [6.45, 7) is 4.59. The Hall–Kier alpha value is -1.90. The minimum atomic E-state index is -0.903. The van der Waals surface area contributed by atoms with Crippen LogP contribution in [0, 0.1) is 0 Å². The smallest absolute Gasteiger partial charge is 0.137 e. The van der Waals surface area contributed by atoms with Crippen LogP contribution in [0.5, 0.6) is 5.75 Å². The first-order valence-corrected chi connectivity index (χ1v) is 14.5. The fraction of sp³-hybridized carbons (Fsp3) is 0.656. The van der Waals surface area contributed by atoms with Crippen molar-refractivity contribution in [3.05, 3.63) is 48.2 Å². The molecule has 0 N–H and O–H groups in total. The number of halogens is 1. The second-order valence-corrected chi connectivity index (χ2v) is 10.1. The fourth-order valence-corrected chi connectivity index (χ4v) is 4.53. The lowest BCUT2D eigenvalue weighted by Crippen LogP contribution is -2.12. The minimum absolute atomic E-state index is 0.114. The second-order valence-electron chi connectivity index (χ2n) is 10.1. The second kappa shape index (κ2) is 19.3. The highest BCUT2D eigenvalue weighted by molar-refractivity contribution is 5.59. The first-order valence-electron chi connectivity index (χ1n) is 14.5. The van der Waals surface area contributed by atoms with Crippen molar-refractivity contribution in [1.29, 1.82) is 0 Å². The number of ether oxygens (including phenoxy) is 1. The molecule has 1 aromatic carbocycles. The fourth-order valence-electron chi connectivity index (χ4n) is 4.53. The van der Waals surface area contributed by atoms with E-state index in [2.05, 4.69) is 43.1 Å². The first kappa shape index (κ1) is 29.3. The molecule has 2 nitrogen and oxygen atoms in total. The number of alkyl halides is 1. The number of hydrogen-bond donors (Lipinski definition) is 0. The number of rotatable bonds is 21. The lowest BCUT2D eigenvalue weighted by molar-refractivity contribution is 0.183. The maximum atomic E-state index is 14.1. The van der Waals surface area contributed by atoms with Crippen LogP contribution in [0.4, 0.5) is 4.39 Å². The summed E-state index contributed by atoms with van der Waals surface area (Å²) in [6.07, 6.45) is 22.0. The average Bonchev–Trinajstić information content (AvgIpc) is 2.89. The lowest BCUT2D eigenvalue weighted by atomic mass is 10.0. The third-order valence-electron chi connectivity index (χ3n) is 6.86. The Morgan fingerprint density at radius 1 is 0.686 bits per heavy atom. The summed E-state index contributed by atoms with van der Waals surface area (Å²) in [4.78, 5) is 4.53. The number of hydrogen-bond acceptors (Lipinski definition) is 2. The van der Waals surface area contributed by atoms with Gasteiger partial charge in [0.2, 0.25) is 0 Å². The molecule has 1 unspecified atom stereocenters. The van der Waals surface area contributed by atoms with Gasteiger partial charge in [-0.1, -0.05) is 128 Å². The van der Waals surface area contributed by atoms with E-state index in [0.29, 0.717) is 12.2 Å². The van der Waals surface area contributed by atoms with E-state index in [-0.39, 0.29) is 6.61 Å². The van der Waals surface area contributed by atoms with E-state index in [1.165, 1.54) is 89.0 Å². The molecular weight excluding hydrogens is 433 g/mol. The molecule has 0 spiro atoms. The van der Waals surface area contributed by atoms with E-state index < -0.39 is 6.17 Å². The zero-order valence-corrected chi connectivity index (χ0v) is 22.6. The molecule has 0 saturated heterocycles. The van der Waals surface area contributed by atoms with E-state index in [1.807, 2.05) is 12.1 Å². The Labute approximate surface area is 215 Å². The number of unbranched alkanes of at least 4 members (excludes halogenated alkanes) is 13. The third-order valence-corrected chi connectivity index (χ3v) is 6.86. The molecule has 1 atom stereocenters. The first-order chi connectivity index (χ1) is 17.2. The van der Waals surface area contributed by atoms with E-state index in [1.54, 1.807) is 6.20 Å². The molecule has 1 heterocycles. The number of aromatic nitrogens is 1. The molecule has 0 aliphatic carbocycles. The predicted molar refractivity (Wildman–Crippen MR) is 149 cm³/mol. The standard InChI is InChI=1S/C32H50FNO/c1-3-5-7-9-10-11-12-13-15-16-18-28-20-22-29(23-21-28)32-25-24-31(26-34-32)35-27-30(33)19-17-14-8-6-4-2/h20-26,30H,3-19,27H2,1-2H3. The number of nitrogens with zero attached hydrogens (tertiary/aromatic N) is 1. The molecule has 0 amide bonds. The summed E-state index contributed by atoms with van der Waals surface area (Å²) in [5, 5.41) is 0. The molecule has 0 aliphatic rings. The largest absolute Gasteiger partial charge is 0.489 e. The Bertz CT molecular complexity index is 743. The van der Waals surface area contributed by atoms with Crippen LogP contribution in [0.2, 0.25) is 0 Å². The van der Waals surface area contributed by atoms with Crippen molar-refractivity contribution in [3.8, 4) is 17.0 Å². The van der Waals surface area contributed by atoms with Crippen molar-refractivity contribution in [1.82, 2.24) is 4.98 Å². The molecule has 2 aromatic rings. The topological polar surface area (TPSA) is 22.1 Å². The molecule has 0 saturated carbocycles. The summed E-state index contributed by atoms with van der Waals surface area (Å²) in [7, 11) is 0. The predicted octanol–water partition coefficient (Wildman–Crippen LogP) is 10.3. The van der Waals surface area contributed by atoms with E-state index in [9.17, 15) is 4.39 Å². The van der Waals surface area contributed by atoms with E-state index >= 15 is 0 Å². The van der Waals surface area contributed by atoms with Crippen LogP contribution in [-0.4, -0.2) is 17.8 Å². The number of benzene rings is 1. The molecule has 0 radical (unpaired) electrons. The maximum Gasteiger partial charge on any atom is 0.137 e. The van der Waals surface area contributed by atoms with Gasteiger partial charge < -0.3 is 4.74 Å². The molecule has 35 heavy (non-hydrogen) atoms. The van der Waals surface area contributed by atoms with Gasteiger partial charge in [-0.05, 0) is 37.0 Å². The maximum absolute atomic E-state index is 14.1. The van der Waals surface area contributed by atoms with Gasteiger partial charge in [-0.2, -0.15) is 0 Å². The van der Waals surface area contributed by atoms with E-state index in [4.69, 9.17) is 4.74 Å². The molecular formula is C32H50FNO. The quantitative estimate of drug-likeness (QED) is 0.165. The number of pyridine rings is 1. The molecule has 0 bridgehead atoms. The molecule has 0 aliphatic heterocycles. The average molecular weight is 484 g/mol. The van der Waals surface area contributed by atoms with Gasteiger partial charge in [0.05, 0.1) is 11.9 Å². The van der Waals surface area contributed by atoms with Crippen molar-refractivity contribution in [3.63, 3.8) is 0 Å². The highest BCUT2D eigenvalue weighted by Crippen LogP contribution is 2.21. The van der Waals surface area contributed by atoms with Crippen LogP contribution < -0.4 is 4.74 Å². The van der Waals surface area contributed by atoms with Crippen molar-refractivity contribution in [2.24, 2.45) is 0 Å². The zero-order valence-electron chi connectivity index (χ0n) is 22.6. The summed E-state index contributed by atoms with van der Waals surface area (Å²) in [5.41, 5.74) is 3.44. The molecule has 1 aromatic heterocycles. The van der Waals surface area contributed by atoms with Crippen LogP contribution in [0.15, 0.2) is 42.6 Å². The Morgan fingerprint density at radius 3 is 1.83 bits per heavy atom. The summed E-state index contributed by atoms with van der Waals surface area (Å²) in [5.74, 6) is 0.639. The highest BCUT2D eigenvalue weighted by atomic mass is 19.1. The SMILES string of the molecule is CCCCCCCCCCCCc1ccc(-c2ccc(OCC(F)CCCCCCC)cn2)cc1. The lowest BCUT2D eigenvalue weighted by Gasteiger charge is -2.11. The van der Waals surface area contributed by atoms with Crippen LogP contribution in [0.25, 0.3) is 11.3 Å². The van der Waals surface area contributed by atoms with Gasteiger partial charge in [-0.15, -0.1) is 0 Å². The molecule has 2 rings (SSSR count). The van der Waals surface area contributed by atoms with Crippen molar-refractivity contribution in [2.75, 3.05) is 6.61 Å². The summed E-state index contributed by atoms with van der Waals surface area (Å²) >= 11 is 0. The van der Waals surface area contributed by atoms with Crippen LogP contribution in [-0.2, 0) is 6.42 Å². The Morgan fingerprint density at radius 2 is 1.26 bits per heavy atom. The monoisotopic (exact) mass is 483 g/mol.